The molecule has 0 amide bonds. The number of ether oxygens (including phenoxy) is 1. The van der Waals surface area contributed by atoms with Crippen LogP contribution in [0, 0.1) is 0 Å². The average Bonchev–Trinajstić information content (AvgIpc) is 2.80. The predicted octanol–water partition coefficient (Wildman–Crippen LogP) is 3.50. The molecule has 0 aliphatic rings. The number of nitrogens with one attached hydrogen (secondary N) is 1. The molecule has 7 nitrogen and oxygen atoms in total. The van der Waals surface area contributed by atoms with E-state index in [0.29, 0.717) is 31.9 Å². The van der Waals surface area contributed by atoms with Crippen molar-refractivity contribution < 1.29 is 9.53 Å². The lowest BCUT2D eigenvalue weighted by molar-refractivity contribution is -0.142. The van der Waals surface area contributed by atoms with E-state index in [1.54, 1.807) is 25.5 Å². The zero-order chi connectivity index (χ0) is 22.6. The fourth-order valence-corrected chi connectivity index (χ4v) is 3.19. The number of rotatable bonds is 11. The maximum absolute atomic E-state index is 11.6. The monoisotopic (exact) mass is 431 g/mol. The summed E-state index contributed by atoms with van der Waals surface area (Å²) in [6.07, 6.45) is 5.65. The molecule has 0 saturated heterocycles. The summed E-state index contributed by atoms with van der Waals surface area (Å²) in [7, 11) is 0. The first-order valence-electron chi connectivity index (χ1n) is 10.6. The van der Waals surface area contributed by atoms with Crippen LogP contribution in [-0.4, -0.2) is 34.0 Å². The van der Waals surface area contributed by atoms with Gasteiger partial charge in [0.15, 0.2) is 0 Å². The molecule has 0 atom stereocenters. The molecule has 3 aromatic rings. The van der Waals surface area contributed by atoms with Crippen molar-refractivity contribution in [1.82, 2.24) is 14.9 Å². The van der Waals surface area contributed by atoms with Crippen LogP contribution in [0.1, 0.15) is 23.9 Å². The normalized spacial score (nSPS) is 11.4. The summed E-state index contributed by atoms with van der Waals surface area (Å²) in [4.78, 5) is 22.7. The Balaban J connectivity index is 1.60. The number of nitrogens with zero attached hydrogens (tertiary/aromatic N) is 3. The van der Waals surface area contributed by atoms with E-state index in [4.69, 9.17) is 10.5 Å². The summed E-state index contributed by atoms with van der Waals surface area (Å²) in [5.74, 6) is -0.224. The van der Waals surface area contributed by atoms with Crippen LogP contribution in [-0.2, 0) is 29.0 Å². The van der Waals surface area contributed by atoms with E-state index >= 15 is 0 Å². The molecule has 0 aliphatic heterocycles. The molecule has 0 bridgehead atoms. The quantitative estimate of drug-likeness (QED) is 0.449. The van der Waals surface area contributed by atoms with Crippen LogP contribution in [0.5, 0.6) is 0 Å². The molecule has 32 heavy (non-hydrogen) atoms. The molecule has 0 saturated carbocycles. The largest absolute Gasteiger partial charge is 0.466 e. The highest BCUT2D eigenvalue weighted by molar-refractivity contribution is 5.72. The van der Waals surface area contributed by atoms with Crippen LogP contribution in [0.3, 0.4) is 0 Å². The number of anilines is 1. The summed E-state index contributed by atoms with van der Waals surface area (Å²) >= 11 is 0. The average molecular weight is 432 g/mol. The number of pyridine rings is 2. The van der Waals surface area contributed by atoms with E-state index in [1.165, 1.54) is 0 Å². The van der Waals surface area contributed by atoms with Crippen molar-refractivity contribution in [2.75, 3.05) is 18.5 Å². The lowest BCUT2D eigenvalue weighted by Gasteiger charge is -2.22. The molecule has 7 heteroatoms. The van der Waals surface area contributed by atoms with Gasteiger partial charge in [0.1, 0.15) is 0 Å². The van der Waals surface area contributed by atoms with Gasteiger partial charge < -0.3 is 15.8 Å². The maximum Gasteiger partial charge on any atom is 0.310 e. The Bertz CT molecular complexity index is 950. The van der Waals surface area contributed by atoms with Crippen LogP contribution in [0.2, 0.25) is 0 Å². The van der Waals surface area contributed by atoms with Crippen molar-refractivity contribution in [2.45, 2.75) is 26.4 Å². The van der Waals surface area contributed by atoms with Gasteiger partial charge in [-0.2, -0.15) is 0 Å². The number of carbonyl (C=O) groups is 1. The Labute approximate surface area is 189 Å². The summed E-state index contributed by atoms with van der Waals surface area (Å²) in [6.45, 7) is 4.07. The molecule has 3 N–H and O–H groups in total. The third-order valence-electron chi connectivity index (χ3n) is 4.66. The molecule has 166 valence electrons. The second-order valence-corrected chi connectivity index (χ2v) is 7.33. The molecule has 1 aromatic carbocycles. The fraction of sp³-hybridized carbons (Fsp3) is 0.240. The molecule has 0 aliphatic carbocycles. The smallest absolute Gasteiger partial charge is 0.310 e. The molecule has 0 fully saturated rings. The van der Waals surface area contributed by atoms with Gasteiger partial charge in [-0.1, -0.05) is 24.3 Å². The third kappa shape index (κ3) is 7.85. The second-order valence-electron chi connectivity index (χ2n) is 7.33. The fourth-order valence-electron chi connectivity index (χ4n) is 3.19. The molecular formula is C25H29N5O2. The van der Waals surface area contributed by atoms with Crippen molar-refractivity contribution in [3.8, 4) is 0 Å². The van der Waals surface area contributed by atoms with Crippen molar-refractivity contribution >= 4 is 11.7 Å². The predicted molar refractivity (Wildman–Crippen MR) is 125 cm³/mol. The molecular weight excluding hydrogens is 402 g/mol. The summed E-state index contributed by atoms with van der Waals surface area (Å²) in [5.41, 5.74) is 10.7. The van der Waals surface area contributed by atoms with E-state index in [0.717, 1.165) is 22.6 Å². The molecule has 2 aromatic heterocycles. The van der Waals surface area contributed by atoms with E-state index in [1.807, 2.05) is 60.7 Å². The number of hydrogen-bond donors (Lipinski definition) is 2. The van der Waals surface area contributed by atoms with Crippen molar-refractivity contribution in [2.24, 2.45) is 5.73 Å². The number of aromatic nitrogens is 2. The summed E-state index contributed by atoms with van der Waals surface area (Å²) in [5, 5.41) is 3.22. The minimum absolute atomic E-state index is 0.224. The molecule has 0 unspecified atom stereocenters. The van der Waals surface area contributed by atoms with E-state index in [-0.39, 0.29) is 12.4 Å². The minimum atomic E-state index is -0.224. The number of carbonyl (C=O) groups excluding carboxylic acids is 1. The Morgan fingerprint density at radius 2 is 1.62 bits per heavy atom. The Kier molecular flexibility index (Phi) is 8.77. The lowest BCUT2D eigenvalue weighted by Crippen LogP contribution is -2.28. The first-order valence-corrected chi connectivity index (χ1v) is 10.6. The van der Waals surface area contributed by atoms with Gasteiger partial charge in [-0.05, 0) is 48.9 Å². The third-order valence-corrected chi connectivity index (χ3v) is 4.66. The highest BCUT2D eigenvalue weighted by Crippen LogP contribution is 2.12. The van der Waals surface area contributed by atoms with Crippen molar-refractivity contribution in [3.05, 3.63) is 102 Å². The Morgan fingerprint density at radius 1 is 1.00 bits per heavy atom. The van der Waals surface area contributed by atoms with Crippen molar-refractivity contribution in [1.29, 1.82) is 0 Å². The lowest BCUT2D eigenvalue weighted by atomic mass is 10.1. The molecule has 3 rings (SSSR count). The molecule has 0 spiro atoms. The highest BCUT2D eigenvalue weighted by Gasteiger charge is 2.10. The van der Waals surface area contributed by atoms with Crippen molar-refractivity contribution in [3.63, 3.8) is 0 Å². The Hall–Kier alpha value is -3.71. The van der Waals surface area contributed by atoms with Gasteiger partial charge in [-0.15, -0.1) is 0 Å². The number of esters is 1. The van der Waals surface area contributed by atoms with Gasteiger partial charge in [0.05, 0.1) is 24.4 Å². The summed E-state index contributed by atoms with van der Waals surface area (Å²) in [6, 6.07) is 19.4. The van der Waals surface area contributed by atoms with Gasteiger partial charge in [0.25, 0.3) is 0 Å². The van der Waals surface area contributed by atoms with Gasteiger partial charge in [0, 0.05) is 49.6 Å². The van der Waals surface area contributed by atoms with Gasteiger partial charge in [-0.25, -0.2) is 0 Å². The van der Waals surface area contributed by atoms with Crippen LogP contribution in [0.4, 0.5) is 5.69 Å². The zero-order valence-corrected chi connectivity index (χ0v) is 18.3. The Morgan fingerprint density at radius 3 is 2.16 bits per heavy atom. The first-order chi connectivity index (χ1) is 15.6. The zero-order valence-electron chi connectivity index (χ0n) is 18.3. The molecule has 0 radical (unpaired) electrons. The van der Waals surface area contributed by atoms with E-state index in [2.05, 4.69) is 20.2 Å². The first kappa shape index (κ1) is 23.0. The number of hydrogen-bond acceptors (Lipinski definition) is 7. The van der Waals surface area contributed by atoms with E-state index in [9.17, 15) is 4.79 Å². The summed E-state index contributed by atoms with van der Waals surface area (Å²) < 4.78 is 4.98. The van der Waals surface area contributed by atoms with E-state index < -0.39 is 0 Å². The maximum atomic E-state index is 11.6. The standard InChI is InChI=1S/C25H29N5O2/c1-2-32-25(31)15-20-9-11-22(12-10-20)29-16-21(26)17-30(18-23-7-3-5-13-27-23)19-24-8-4-6-14-28-24/h3-14,16,29H,2,15,17-19,26H2,1H3/b21-16-. The second kappa shape index (κ2) is 12.2. The van der Waals surface area contributed by atoms with Crippen LogP contribution < -0.4 is 11.1 Å². The number of nitrogens with two attached hydrogens (primary N) is 1. The topological polar surface area (TPSA) is 93.4 Å². The minimum Gasteiger partial charge on any atom is -0.466 e. The van der Waals surface area contributed by atoms with Crippen LogP contribution in [0.25, 0.3) is 0 Å². The van der Waals surface area contributed by atoms with Gasteiger partial charge >= 0.3 is 5.97 Å². The van der Waals surface area contributed by atoms with Crippen LogP contribution >= 0.6 is 0 Å². The van der Waals surface area contributed by atoms with Gasteiger partial charge in [-0.3, -0.25) is 19.7 Å². The van der Waals surface area contributed by atoms with Crippen LogP contribution in [0.15, 0.2) is 85.0 Å². The SMILES string of the molecule is CCOC(=O)Cc1ccc(N/C=C(\N)CN(Cc2ccccn2)Cc2ccccn2)cc1. The highest BCUT2D eigenvalue weighted by atomic mass is 16.5. The molecule has 2 heterocycles. The van der Waals surface area contributed by atoms with Gasteiger partial charge in [0.2, 0.25) is 0 Å². The number of benzene rings is 1.